The standard InChI is InChI=1S/C17H22N2O2/c1-16(2,3)13-7-5-4-6-12(13)15(21)17(19)10-11(20)8-9-14(17)18/h4-10,14,20H,18-19H2,1-3H3. The summed E-state index contributed by atoms with van der Waals surface area (Å²) in [4.78, 5) is 13.0. The van der Waals surface area contributed by atoms with Crippen LogP contribution < -0.4 is 11.5 Å². The fraction of sp³-hybridized carbons (Fsp3) is 0.353. The topological polar surface area (TPSA) is 89.3 Å². The van der Waals surface area contributed by atoms with Gasteiger partial charge < -0.3 is 16.6 Å². The number of aliphatic hydroxyl groups excluding tert-OH is 1. The monoisotopic (exact) mass is 286 g/mol. The normalized spacial score (nSPS) is 25.6. The number of aliphatic hydroxyl groups is 1. The van der Waals surface area contributed by atoms with E-state index in [2.05, 4.69) is 0 Å². The predicted molar refractivity (Wildman–Crippen MR) is 84.2 cm³/mol. The molecule has 1 aromatic carbocycles. The van der Waals surface area contributed by atoms with Gasteiger partial charge in [0.2, 0.25) is 0 Å². The van der Waals surface area contributed by atoms with Crippen LogP contribution in [0.3, 0.4) is 0 Å². The minimum absolute atomic E-state index is 0.0409. The zero-order valence-corrected chi connectivity index (χ0v) is 12.6. The lowest BCUT2D eigenvalue weighted by Crippen LogP contribution is -2.60. The molecule has 0 fully saturated rings. The Morgan fingerprint density at radius 2 is 1.90 bits per heavy atom. The van der Waals surface area contributed by atoms with Crippen LogP contribution in [0, 0.1) is 0 Å². The first-order chi connectivity index (χ1) is 9.66. The Labute approximate surface area is 125 Å². The van der Waals surface area contributed by atoms with Crippen LogP contribution in [0.5, 0.6) is 0 Å². The van der Waals surface area contributed by atoms with E-state index in [1.165, 1.54) is 12.2 Å². The van der Waals surface area contributed by atoms with Crippen molar-refractivity contribution >= 4 is 5.78 Å². The summed E-state index contributed by atoms with van der Waals surface area (Å²) >= 11 is 0. The molecule has 2 rings (SSSR count). The molecule has 2 unspecified atom stereocenters. The van der Waals surface area contributed by atoms with Crippen LogP contribution in [-0.4, -0.2) is 22.5 Å². The van der Waals surface area contributed by atoms with Crippen molar-refractivity contribution in [3.63, 3.8) is 0 Å². The zero-order chi connectivity index (χ0) is 15.8. The maximum absolute atomic E-state index is 13.0. The lowest BCUT2D eigenvalue weighted by molar-refractivity contribution is 0.0906. The zero-order valence-electron chi connectivity index (χ0n) is 12.6. The highest BCUT2D eigenvalue weighted by molar-refractivity contribution is 6.07. The van der Waals surface area contributed by atoms with Crippen molar-refractivity contribution in [1.29, 1.82) is 0 Å². The minimum Gasteiger partial charge on any atom is -0.508 e. The van der Waals surface area contributed by atoms with E-state index in [4.69, 9.17) is 11.5 Å². The van der Waals surface area contributed by atoms with Crippen molar-refractivity contribution in [1.82, 2.24) is 0 Å². The van der Waals surface area contributed by atoms with Gasteiger partial charge in [0.25, 0.3) is 0 Å². The van der Waals surface area contributed by atoms with Gasteiger partial charge >= 0.3 is 0 Å². The Hall–Kier alpha value is -1.91. The fourth-order valence-electron chi connectivity index (χ4n) is 2.54. The van der Waals surface area contributed by atoms with E-state index in [9.17, 15) is 9.90 Å². The molecule has 0 radical (unpaired) electrons. The molecule has 0 aromatic heterocycles. The summed E-state index contributed by atoms with van der Waals surface area (Å²) in [6.07, 6.45) is 4.34. The van der Waals surface area contributed by atoms with Gasteiger partial charge in [-0.25, -0.2) is 0 Å². The number of nitrogens with two attached hydrogens (primary N) is 2. The fourth-order valence-corrected chi connectivity index (χ4v) is 2.54. The first-order valence-corrected chi connectivity index (χ1v) is 6.95. The van der Waals surface area contributed by atoms with Crippen molar-refractivity contribution in [2.24, 2.45) is 11.5 Å². The van der Waals surface area contributed by atoms with E-state index >= 15 is 0 Å². The van der Waals surface area contributed by atoms with Gasteiger partial charge in [-0.3, -0.25) is 4.79 Å². The van der Waals surface area contributed by atoms with Crippen molar-refractivity contribution in [2.45, 2.75) is 37.8 Å². The Kier molecular flexibility index (Phi) is 3.78. The van der Waals surface area contributed by atoms with Gasteiger partial charge in [0.15, 0.2) is 5.78 Å². The highest BCUT2D eigenvalue weighted by Gasteiger charge is 2.41. The highest BCUT2D eigenvalue weighted by Crippen LogP contribution is 2.30. The molecule has 4 nitrogen and oxygen atoms in total. The first-order valence-electron chi connectivity index (χ1n) is 6.95. The molecule has 0 saturated heterocycles. The van der Waals surface area contributed by atoms with Crippen LogP contribution in [0.1, 0.15) is 36.7 Å². The molecule has 0 bridgehead atoms. The second-order valence-corrected chi connectivity index (χ2v) is 6.51. The third-order valence-electron chi connectivity index (χ3n) is 3.79. The number of carbonyl (C=O) groups excluding carboxylic acids is 1. The van der Waals surface area contributed by atoms with Crippen molar-refractivity contribution in [3.8, 4) is 0 Å². The Balaban J connectivity index is 2.53. The lowest BCUT2D eigenvalue weighted by atomic mass is 9.75. The number of benzene rings is 1. The van der Waals surface area contributed by atoms with Crippen LogP contribution in [-0.2, 0) is 5.41 Å². The lowest BCUT2D eigenvalue weighted by Gasteiger charge is -2.33. The van der Waals surface area contributed by atoms with Gasteiger partial charge in [-0.1, -0.05) is 51.1 Å². The molecule has 1 aromatic rings. The van der Waals surface area contributed by atoms with Gasteiger partial charge in [-0.2, -0.15) is 0 Å². The summed E-state index contributed by atoms with van der Waals surface area (Å²) in [7, 11) is 0. The second kappa shape index (κ2) is 5.13. The molecular formula is C17H22N2O2. The number of rotatable bonds is 2. The van der Waals surface area contributed by atoms with Crippen molar-refractivity contribution in [2.75, 3.05) is 0 Å². The Bertz CT molecular complexity index is 626. The maximum Gasteiger partial charge on any atom is 0.188 e. The van der Waals surface area contributed by atoms with Crippen molar-refractivity contribution in [3.05, 3.63) is 59.4 Å². The Morgan fingerprint density at radius 1 is 1.29 bits per heavy atom. The largest absolute Gasteiger partial charge is 0.508 e. The molecule has 112 valence electrons. The third kappa shape index (κ3) is 2.77. The van der Waals surface area contributed by atoms with Gasteiger partial charge in [-0.05, 0) is 23.1 Å². The van der Waals surface area contributed by atoms with Crippen LogP contribution >= 0.6 is 0 Å². The van der Waals surface area contributed by atoms with E-state index in [-0.39, 0.29) is 17.0 Å². The molecule has 0 heterocycles. The van der Waals surface area contributed by atoms with Crippen LogP contribution in [0.25, 0.3) is 0 Å². The molecule has 21 heavy (non-hydrogen) atoms. The number of Topliss-reactive ketones (excluding diaryl/α,β-unsaturated/α-hetero) is 1. The summed E-state index contributed by atoms with van der Waals surface area (Å²) in [5.74, 6) is -0.322. The summed E-state index contributed by atoms with van der Waals surface area (Å²) in [5.41, 5.74) is 12.0. The second-order valence-electron chi connectivity index (χ2n) is 6.51. The number of hydrogen-bond donors (Lipinski definition) is 3. The molecule has 4 heteroatoms. The Morgan fingerprint density at radius 3 is 2.52 bits per heavy atom. The van der Waals surface area contributed by atoms with E-state index < -0.39 is 11.6 Å². The number of ketones is 1. The number of carbonyl (C=O) groups is 1. The van der Waals surface area contributed by atoms with Gasteiger partial charge in [0, 0.05) is 5.56 Å². The number of allylic oxidation sites excluding steroid dienone is 1. The highest BCUT2D eigenvalue weighted by atomic mass is 16.3. The molecule has 0 aliphatic heterocycles. The summed E-state index contributed by atoms with van der Waals surface area (Å²) in [5, 5.41) is 9.67. The predicted octanol–water partition coefficient (Wildman–Crippen LogP) is 2.20. The van der Waals surface area contributed by atoms with Crippen LogP contribution in [0.15, 0.2) is 48.3 Å². The maximum atomic E-state index is 13.0. The molecule has 5 N–H and O–H groups in total. The molecule has 0 saturated carbocycles. The van der Waals surface area contributed by atoms with Gasteiger partial charge in [-0.15, -0.1) is 0 Å². The quantitative estimate of drug-likeness (QED) is 0.727. The smallest absolute Gasteiger partial charge is 0.188 e. The van der Waals surface area contributed by atoms with E-state index in [1.54, 1.807) is 18.2 Å². The first kappa shape index (κ1) is 15.5. The third-order valence-corrected chi connectivity index (χ3v) is 3.79. The molecule has 1 aliphatic carbocycles. The summed E-state index contributed by atoms with van der Waals surface area (Å²) < 4.78 is 0. The molecule has 1 aliphatic rings. The average Bonchev–Trinajstić information content (AvgIpc) is 2.41. The SMILES string of the molecule is CC(C)(C)c1ccccc1C(=O)C1(N)C=C(O)C=CC1N. The minimum atomic E-state index is -1.43. The molecule has 0 amide bonds. The van der Waals surface area contributed by atoms with E-state index in [0.717, 1.165) is 5.56 Å². The van der Waals surface area contributed by atoms with Gasteiger partial charge in [0.05, 0.1) is 6.04 Å². The van der Waals surface area contributed by atoms with Crippen LogP contribution in [0.4, 0.5) is 0 Å². The van der Waals surface area contributed by atoms with E-state index in [0.29, 0.717) is 5.56 Å². The van der Waals surface area contributed by atoms with Crippen molar-refractivity contribution < 1.29 is 9.90 Å². The molecular weight excluding hydrogens is 264 g/mol. The summed E-state index contributed by atoms with van der Waals surface area (Å²) in [6.45, 7) is 6.11. The summed E-state index contributed by atoms with van der Waals surface area (Å²) in [6, 6.07) is 6.71. The molecule has 2 atom stereocenters. The number of hydrogen-bond acceptors (Lipinski definition) is 4. The van der Waals surface area contributed by atoms with Gasteiger partial charge in [0.1, 0.15) is 11.3 Å². The van der Waals surface area contributed by atoms with E-state index in [1.807, 2.05) is 32.9 Å². The molecule has 0 spiro atoms. The average molecular weight is 286 g/mol. The van der Waals surface area contributed by atoms with Crippen LogP contribution in [0.2, 0.25) is 0 Å².